The van der Waals surface area contributed by atoms with E-state index in [0.29, 0.717) is 31.7 Å². The zero-order chi connectivity index (χ0) is 18.2. The van der Waals surface area contributed by atoms with Crippen LogP contribution in [0.2, 0.25) is 0 Å². The lowest BCUT2D eigenvalue weighted by Crippen LogP contribution is -2.43. The highest BCUT2D eigenvalue weighted by Crippen LogP contribution is 2.19. The predicted octanol–water partition coefficient (Wildman–Crippen LogP) is 1.74. The summed E-state index contributed by atoms with van der Waals surface area (Å²) in [6.45, 7) is 2.75. The van der Waals surface area contributed by atoms with Gasteiger partial charge < -0.3 is 15.4 Å². The van der Waals surface area contributed by atoms with Crippen LogP contribution < -0.4 is 5.73 Å². The molecule has 0 radical (unpaired) electrons. The van der Waals surface area contributed by atoms with E-state index in [1.165, 1.54) is 5.56 Å². The molecule has 0 aliphatic carbocycles. The van der Waals surface area contributed by atoms with E-state index in [1.807, 2.05) is 31.2 Å². The summed E-state index contributed by atoms with van der Waals surface area (Å²) in [5.41, 5.74) is 6.47. The number of likely N-dealkylation sites (tertiary alicyclic amines) is 1. The summed E-state index contributed by atoms with van der Waals surface area (Å²) < 4.78 is 5.05. The lowest BCUT2D eigenvalue weighted by Gasteiger charge is -2.30. The highest BCUT2D eigenvalue weighted by Gasteiger charge is 2.26. The first kappa shape index (κ1) is 19.3. The van der Waals surface area contributed by atoms with Crippen LogP contribution >= 0.6 is 11.8 Å². The Balaban J connectivity index is 1.62. The average molecular weight is 364 g/mol. The van der Waals surface area contributed by atoms with Gasteiger partial charge in [-0.25, -0.2) is 0 Å². The molecular formula is C18H24N2O4S. The number of carbonyl (C=O) groups excluding carboxylic acids is 3. The van der Waals surface area contributed by atoms with Crippen LogP contribution in [0, 0.1) is 12.8 Å². The van der Waals surface area contributed by atoms with Crippen LogP contribution in [0.15, 0.2) is 29.2 Å². The molecule has 1 aliphatic heterocycles. The Morgan fingerprint density at radius 1 is 1.20 bits per heavy atom. The first-order valence-corrected chi connectivity index (χ1v) is 9.36. The predicted molar refractivity (Wildman–Crippen MR) is 96.0 cm³/mol. The smallest absolute Gasteiger partial charge is 0.307 e. The van der Waals surface area contributed by atoms with Crippen LogP contribution in [-0.2, 0) is 19.1 Å². The van der Waals surface area contributed by atoms with E-state index in [0.717, 1.165) is 4.90 Å². The lowest BCUT2D eigenvalue weighted by atomic mass is 9.96. The van der Waals surface area contributed by atoms with Gasteiger partial charge in [0.1, 0.15) is 0 Å². The maximum absolute atomic E-state index is 12.0. The summed E-state index contributed by atoms with van der Waals surface area (Å²) >= 11 is 1.58. The number of esters is 1. The zero-order valence-electron chi connectivity index (χ0n) is 14.4. The molecule has 6 nitrogen and oxygen atoms in total. The van der Waals surface area contributed by atoms with E-state index in [9.17, 15) is 14.4 Å². The summed E-state index contributed by atoms with van der Waals surface area (Å²) in [5, 5.41) is 0. The molecule has 7 heteroatoms. The SMILES string of the molecule is Cc1ccc(SCCC(=O)OCC(=O)N2CCC(C(N)=O)CC2)cc1. The molecule has 1 heterocycles. The molecular weight excluding hydrogens is 340 g/mol. The van der Waals surface area contributed by atoms with E-state index in [-0.39, 0.29) is 36.7 Å². The van der Waals surface area contributed by atoms with Crippen molar-refractivity contribution >= 4 is 29.5 Å². The molecule has 2 rings (SSSR count). The largest absolute Gasteiger partial charge is 0.456 e. The number of benzene rings is 1. The normalized spacial score (nSPS) is 15.0. The minimum absolute atomic E-state index is 0.162. The number of primary amides is 1. The molecule has 0 bridgehead atoms. The Kier molecular flexibility index (Phi) is 7.31. The third-order valence-electron chi connectivity index (χ3n) is 4.20. The number of thioether (sulfide) groups is 1. The fourth-order valence-electron chi connectivity index (χ4n) is 2.61. The maximum Gasteiger partial charge on any atom is 0.307 e. The van der Waals surface area contributed by atoms with Crippen molar-refractivity contribution in [2.45, 2.75) is 31.1 Å². The standard InChI is InChI=1S/C18H24N2O4S/c1-13-2-4-15(5-3-13)25-11-8-17(22)24-12-16(21)20-9-6-14(7-10-20)18(19)23/h2-5,14H,6-12H2,1H3,(H2,19,23). The summed E-state index contributed by atoms with van der Waals surface area (Å²) in [4.78, 5) is 37.6. The molecule has 1 fully saturated rings. The van der Waals surface area contributed by atoms with E-state index in [1.54, 1.807) is 16.7 Å². The van der Waals surface area contributed by atoms with Crippen molar-refractivity contribution in [1.29, 1.82) is 0 Å². The van der Waals surface area contributed by atoms with Gasteiger partial charge in [-0.1, -0.05) is 17.7 Å². The van der Waals surface area contributed by atoms with Crippen LogP contribution in [0.3, 0.4) is 0 Å². The van der Waals surface area contributed by atoms with E-state index in [4.69, 9.17) is 10.5 Å². The van der Waals surface area contributed by atoms with E-state index >= 15 is 0 Å². The summed E-state index contributed by atoms with van der Waals surface area (Å²) in [6.07, 6.45) is 1.40. The van der Waals surface area contributed by atoms with Crippen molar-refractivity contribution in [3.63, 3.8) is 0 Å². The molecule has 1 saturated heterocycles. The topological polar surface area (TPSA) is 89.7 Å². The molecule has 25 heavy (non-hydrogen) atoms. The first-order valence-electron chi connectivity index (χ1n) is 8.38. The third kappa shape index (κ3) is 6.42. The minimum atomic E-state index is -0.375. The van der Waals surface area contributed by atoms with Crippen molar-refractivity contribution in [3.05, 3.63) is 29.8 Å². The van der Waals surface area contributed by atoms with Gasteiger partial charge in [0, 0.05) is 29.7 Å². The number of nitrogens with two attached hydrogens (primary N) is 1. The molecule has 1 aliphatic rings. The van der Waals surface area contributed by atoms with Crippen LogP contribution in [-0.4, -0.2) is 48.1 Å². The van der Waals surface area contributed by atoms with Gasteiger partial charge in [-0.15, -0.1) is 11.8 Å². The van der Waals surface area contributed by atoms with Crippen LogP contribution in [0.1, 0.15) is 24.8 Å². The van der Waals surface area contributed by atoms with Crippen molar-refractivity contribution in [1.82, 2.24) is 4.90 Å². The van der Waals surface area contributed by atoms with Gasteiger partial charge in [0.25, 0.3) is 5.91 Å². The Morgan fingerprint density at radius 3 is 2.44 bits per heavy atom. The fourth-order valence-corrected chi connectivity index (χ4v) is 3.44. The van der Waals surface area contributed by atoms with Gasteiger partial charge in [0.05, 0.1) is 6.42 Å². The molecule has 2 N–H and O–H groups in total. The molecule has 0 saturated carbocycles. The van der Waals surface area contributed by atoms with Gasteiger partial charge in [-0.2, -0.15) is 0 Å². The number of amides is 2. The zero-order valence-corrected chi connectivity index (χ0v) is 15.2. The third-order valence-corrected chi connectivity index (χ3v) is 5.22. The number of piperidine rings is 1. The molecule has 1 aromatic rings. The fraction of sp³-hybridized carbons (Fsp3) is 0.500. The lowest BCUT2D eigenvalue weighted by molar-refractivity contribution is -0.152. The molecule has 0 unspecified atom stereocenters. The molecule has 136 valence electrons. The monoisotopic (exact) mass is 364 g/mol. The number of rotatable bonds is 7. The highest BCUT2D eigenvalue weighted by atomic mass is 32.2. The van der Waals surface area contributed by atoms with Crippen LogP contribution in [0.5, 0.6) is 0 Å². The number of aryl methyl sites for hydroxylation is 1. The summed E-state index contributed by atoms with van der Waals surface area (Å²) in [6, 6.07) is 8.09. The molecule has 2 amide bonds. The van der Waals surface area contributed by atoms with E-state index < -0.39 is 0 Å². The van der Waals surface area contributed by atoms with Crippen LogP contribution in [0.4, 0.5) is 0 Å². The number of carbonyl (C=O) groups is 3. The van der Waals surface area contributed by atoms with Gasteiger partial charge in [0.2, 0.25) is 5.91 Å². The number of hydrogen-bond donors (Lipinski definition) is 1. The quantitative estimate of drug-likeness (QED) is 0.588. The summed E-state index contributed by atoms with van der Waals surface area (Å²) in [5.74, 6) is -0.461. The Morgan fingerprint density at radius 2 is 1.84 bits per heavy atom. The van der Waals surface area contributed by atoms with Crippen LogP contribution in [0.25, 0.3) is 0 Å². The second kappa shape index (κ2) is 9.46. The second-order valence-electron chi connectivity index (χ2n) is 6.13. The van der Waals surface area contributed by atoms with Crippen molar-refractivity contribution in [2.75, 3.05) is 25.4 Å². The summed E-state index contributed by atoms with van der Waals surface area (Å²) in [7, 11) is 0. The molecule has 0 aromatic heterocycles. The maximum atomic E-state index is 12.0. The van der Waals surface area contributed by atoms with Crippen molar-refractivity contribution in [3.8, 4) is 0 Å². The molecule has 0 atom stereocenters. The van der Waals surface area contributed by atoms with Gasteiger partial charge in [-0.3, -0.25) is 14.4 Å². The Bertz CT molecular complexity index is 610. The number of nitrogens with zero attached hydrogens (tertiary/aromatic N) is 1. The van der Waals surface area contributed by atoms with Gasteiger partial charge >= 0.3 is 5.97 Å². The Hall–Kier alpha value is -2.02. The average Bonchev–Trinajstić information content (AvgIpc) is 2.61. The van der Waals surface area contributed by atoms with Crippen molar-refractivity contribution in [2.24, 2.45) is 11.7 Å². The highest BCUT2D eigenvalue weighted by molar-refractivity contribution is 7.99. The van der Waals surface area contributed by atoms with E-state index in [2.05, 4.69) is 0 Å². The minimum Gasteiger partial charge on any atom is -0.456 e. The number of ether oxygens (including phenoxy) is 1. The molecule has 0 spiro atoms. The second-order valence-corrected chi connectivity index (χ2v) is 7.30. The van der Waals surface area contributed by atoms with Gasteiger partial charge in [0.15, 0.2) is 6.61 Å². The Labute approximate surface area is 152 Å². The number of hydrogen-bond acceptors (Lipinski definition) is 5. The van der Waals surface area contributed by atoms with Gasteiger partial charge in [-0.05, 0) is 31.9 Å². The first-order chi connectivity index (χ1) is 12.0. The molecule has 1 aromatic carbocycles. The van der Waals surface area contributed by atoms with Crippen molar-refractivity contribution < 1.29 is 19.1 Å².